The zero-order valence-electron chi connectivity index (χ0n) is 28.5. The van der Waals surface area contributed by atoms with Gasteiger partial charge in [-0.15, -0.1) is 0 Å². The molecule has 0 heterocycles. The first kappa shape index (κ1) is 29.5. The SMILES string of the molecule is CC1(C)c2ccccc2-c2c(N(c3ccc(-c4ccccc4)cc3)c3cc(-c4ccccc4)c4c(c3)-c3ccccc3C4(C)C)cccc21. The molecule has 0 amide bonds. The van der Waals surface area contributed by atoms with Crippen molar-refractivity contribution in [3.8, 4) is 44.5 Å². The minimum absolute atomic E-state index is 0.0964. The molecule has 0 saturated heterocycles. The largest absolute Gasteiger partial charge is 0.310 e. The van der Waals surface area contributed by atoms with Gasteiger partial charge in [-0.1, -0.05) is 161 Å². The monoisotopic (exact) mass is 629 g/mol. The van der Waals surface area contributed by atoms with E-state index in [1.165, 1.54) is 72.4 Å². The smallest absolute Gasteiger partial charge is 0.0543 e. The average molecular weight is 630 g/mol. The number of rotatable bonds is 5. The summed E-state index contributed by atoms with van der Waals surface area (Å²) in [5.74, 6) is 0. The lowest BCUT2D eigenvalue weighted by Gasteiger charge is -2.31. The Morgan fingerprint density at radius 1 is 0.367 bits per heavy atom. The maximum atomic E-state index is 2.51. The molecule has 2 aliphatic carbocycles. The van der Waals surface area contributed by atoms with Crippen LogP contribution in [0.5, 0.6) is 0 Å². The second-order valence-electron chi connectivity index (χ2n) is 14.6. The summed E-state index contributed by atoms with van der Waals surface area (Å²) >= 11 is 0. The Morgan fingerprint density at radius 2 is 0.898 bits per heavy atom. The van der Waals surface area contributed by atoms with Gasteiger partial charge in [0.25, 0.3) is 0 Å². The highest BCUT2D eigenvalue weighted by Crippen LogP contribution is 2.57. The van der Waals surface area contributed by atoms with E-state index >= 15 is 0 Å². The standard InChI is InChI=1S/C48H39N/c1-47(2)42-23-14-12-21-38(42)45-43(47)24-15-25-44(45)49(35-28-26-33(27-29-35)32-16-7-5-8-17-32)36-30-39(34-18-9-6-10-19-34)46-40(31-36)37-20-11-13-22-41(37)48(46,3)4/h5-31H,1-4H3. The molecule has 0 aliphatic heterocycles. The van der Waals surface area contributed by atoms with E-state index in [-0.39, 0.29) is 10.8 Å². The van der Waals surface area contributed by atoms with Gasteiger partial charge in [-0.25, -0.2) is 0 Å². The van der Waals surface area contributed by atoms with E-state index in [2.05, 4.69) is 196 Å². The lowest BCUT2D eigenvalue weighted by atomic mass is 9.78. The number of fused-ring (bicyclic) bond motifs is 6. The van der Waals surface area contributed by atoms with Crippen LogP contribution in [0, 0.1) is 0 Å². The molecule has 0 saturated carbocycles. The van der Waals surface area contributed by atoms with Crippen molar-refractivity contribution in [2.45, 2.75) is 38.5 Å². The minimum Gasteiger partial charge on any atom is -0.310 e. The van der Waals surface area contributed by atoms with E-state index in [9.17, 15) is 0 Å². The summed E-state index contributed by atoms with van der Waals surface area (Å²) in [6, 6.07) is 60.5. The van der Waals surface area contributed by atoms with E-state index in [1.807, 2.05) is 0 Å². The van der Waals surface area contributed by atoms with Crippen molar-refractivity contribution in [3.63, 3.8) is 0 Å². The molecule has 1 nitrogen and oxygen atoms in total. The lowest BCUT2D eigenvalue weighted by molar-refractivity contribution is 0.660. The molecule has 1 heteroatoms. The fourth-order valence-electron chi connectivity index (χ4n) is 8.67. The van der Waals surface area contributed by atoms with E-state index in [0.29, 0.717) is 0 Å². The topological polar surface area (TPSA) is 3.24 Å². The highest BCUT2D eigenvalue weighted by molar-refractivity contribution is 5.98. The van der Waals surface area contributed by atoms with Gasteiger partial charge >= 0.3 is 0 Å². The third kappa shape index (κ3) is 4.46. The van der Waals surface area contributed by atoms with Crippen LogP contribution in [0.1, 0.15) is 49.9 Å². The van der Waals surface area contributed by atoms with E-state index in [4.69, 9.17) is 0 Å². The van der Waals surface area contributed by atoms with Crippen molar-refractivity contribution in [1.82, 2.24) is 0 Å². The molecule has 7 aromatic carbocycles. The molecular formula is C48H39N. The molecule has 0 unspecified atom stereocenters. The van der Waals surface area contributed by atoms with Gasteiger partial charge in [-0.2, -0.15) is 0 Å². The van der Waals surface area contributed by atoms with Crippen LogP contribution in [0.3, 0.4) is 0 Å². The van der Waals surface area contributed by atoms with Crippen LogP contribution in [0.25, 0.3) is 44.5 Å². The lowest BCUT2D eigenvalue weighted by Crippen LogP contribution is -2.18. The number of hydrogen-bond donors (Lipinski definition) is 0. The van der Waals surface area contributed by atoms with Gasteiger partial charge in [0, 0.05) is 27.8 Å². The van der Waals surface area contributed by atoms with Crippen molar-refractivity contribution in [3.05, 3.63) is 186 Å². The van der Waals surface area contributed by atoms with Crippen molar-refractivity contribution in [2.24, 2.45) is 0 Å². The van der Waals surface area contributed by atoms with E-state index < -0.39 is 0 Å². The molecule has 0 atom stereocenters. The molecule has 7 aromatic rings. The van der Waals surface area contributed by atoms with Crippen LogP contribution in [0.2, 0.25) is 0 Å². The van der Waals surface area contributed by atoms with Gasteiger partial charge in [0.05, 0.1) is 5.69 Å². The summed E-state index contributed by atoms with van der Waals surface area (Å²) in [7, 11) is 0. The number of nitrogens with zero attached hydrogens (tertiary/aromatic N) is 1. The molecule has 49 heavy (non-hydrogen) atoms. The van der Waals surface area contributed by atoms with Crippen LogP contribution in [-0.4, -0.2) is 0 Å². The zero-order valence-corrected chi connectivity index (χ0v) is 28.5. The summed E-state index contributed by atoms with van der Waals surface area (Å²) in [4.78, 5) is 2.51. The molecule has 236 valence electrons. The molecule has 0 bridgehead atoms. The van der Waals surface area contributed by atoms with Crippen molar-refractivity contribution in [1.29, 1.82) is 0 Å². The molecule has 0 N–H and O–H groups in total. The van der Waals surface area contributed by atoms with Gasteiger partial charge in [0.2, 0.25) is 0 Å². The number of anilines is 3. The number of hydrogen-bond acceptors (Lipinski definition) is 1. The maximum absolute atomic E-state index is 2.51. The van der Waals surface area contributed by atoms with Crippen LogP contribution >= 0.6 is 0 Å². The Balaban J connectivity index is 1.34. The van der Waals surface area contributed by atoms with Crippen LogP contribution in [-0.2, 0) is 10.8 Å². The molecular weight excluding hydrogens is 591 g/mol. The van der Waals surface area contributed by atoms with Crippen LogP contribution in [0.4, 0.5) is 17.1 Å². The summed E-state index contributed by atoms with van der Waals surface area (Å²) in [5, 5.41) is 0. The van der Waals surface area contributed by atoms with Gasteiger partial charge in [0.1, 0.15) is 0 Å². The summed E-state index contributed by atoms with van der Waals surface area (Å²) < 4.78 is 0. The number of benzene rings is 7. The highest BCUT2D eigenvalue weighted by atomic mass is 15.1. The quantitative estimate of drug-likeness (QED) is 0.183. The van der Waals surface area contributed by atoms with Crippen molar-refractivity contribution >= 4 is 17.1 Å². The third-order valence-electron chi connectivity index (χ3n) is 11.0. The van der Waals surface area contributed by atoms with Crippen molar-refractivity contribution in [2.75, 3.05) is 4.90 Å². The normalized spacial score (nSPS) is 14.4. The molecule has 0 fully saturated rings. The minimum atomic E-state index is -0.130. The summed E-state index contributed by atoms with van der Waals surface area (Å²) in [6.07, 6.45) is 0. The first-order valence-electron chi connectivity index (χ1n) is 17.4. The van der Waals surface area contributed by atoms with Crippen LogP contribution in [0.15, 0.2) is 164 Å². The molecule has 0 spiro atoms. The van der Waals surface area contributed by atoms with E-state index in [0.717, 1.165) is 11.4 Å². The molecule has 0 radical (unpaired) electrons. The second kappa shape index (κ2) is 10.9. The Kier molecular flexibility index (Phi) is 6.58. The Bertz CT molecular complexity index is 2360. The predicted molar refractivity (Wildman–Crippen MR) is 207 cm³/mol. The maximum Gasteiger partial charge on any atom is 0.0543 e. The Hall–Kier alpha value is -5.66. The van der Waals surface area contributed by atoms with Crippen LogP contribution < -0.4 is 4.90 Å². The van der Waals surface area contributed by atoms with Gasteiger partial charge < -0.3 is 4.90 Å². The Morgan fingerprint density at radius 3 is 1.59 bits per heavy atom. The van der Waals surface area contributed by atoms with Gasteiger partial charge in [-0.3, -0.25) is 0 Å². The van der Waals surface area contributed by atoms with Gasteiger partial charge in [0.15, 0.2) is 0 Å². The second-order valence-corrected chi connectivity index (χ2v) is 14.6. The average Bonchev–Trinajstić information content (AvgIpc) is 3.53. The third-order valence-corrected chi connectivity index (χ3v) is 11.0. The first-order valence-corrected chi connectivity index (χ1v) is 17.4. The Labute approximate surface area is 290 Å². The molecule has 9 rings (SSSR count). The summed E-state index contributed by atoms with van der Waals surface area (Å²) in [5.41, 5.74) is 19.0. The fourth-order valence-corrected chi connectivity index (χ4v) is 8.67. The predicted octanol–water partition coefficient (Wildman–Crippen LogP) is 13.1. The highest BCUT2D eigenvalue weighted by Gasteiger charge is 2.40. The molecule has 0 aromatic heterocycles. The zero-order chi connectivity index (χ0) is 33.3. The van der Waals surface area contributed by atoms with E-state index in [1.54, 1.807) is 0 Å². The van der Waals surface area contributed by atoms with Crippen molar-refractivity contribution < 1.29 is 0 Å². The molecule has 2 aliphatic rings. The summed E-state index contributed by atoms with van der Waals surface area (Å²) in [6.45, 7) is 9.49. The fraction of sp³-hybridized carbons (Fsp3) is 0.125. The van der Waals surface area contributed by atoms with Gasteiger partial charge in [-0.05, 0) is 91.5 Å². The first-order chi connectivity index (χ1) is 23.8.